The van der Waals surface area contributed by atoms with Crippen molar-refractivity contribution in [2.45, 2.75) is 45.6 Å². The van der Waals surface area contributed by atoms with Crippen molar-refractivity contribution in [3.63, 3.8) is 0 Å². The Morgan fingerprint density at radius 3 is 2.04 bits per heavy atom. The molecule has 156 valence electrons. The van der Waals surface area contributed by atoms with E-state index < -0.39 is 0 Å². The van der Waals surface area contributed by atoms with Crippen molar-refractivity contribution in [3.8, 4) is 0 Å². The fourth-order valence-corrected chi connectivity index (χ4v) is 4.23. The van der Waals surface area contributed by atoms with Crippen LogP contribution in [0.15, 0.2) is 24.3 Å². The Balaban J connectivity index is 1.41. The second kappa shape index (κ2) is 9.86. The zero-order valence-corrected chi connectivity index (χ0v) is 17.8. The van der Waals surface area contributed by atoms with Crippen LogP contribution in [0.25, 0.3) is 0 Å². The van der Waals surface area contributed by atoms with Crippen LogP contribution >= 0.6 is 0 Å². The van der Waals surface area contributed by atoms with E-state index in [4.69, 9.17) is 0 Å². The molecular weight excluding hydrogens is 350 g/mol. The first-order valence-electron chi connectivity index (χ1n) is 10.9. The van der Waals surface area contributed by atoms with Crippen molar-refractivity contribution in [1.29, 1.82) is 0 Å². The number of likely N-dealkylation sites (tertiary alicyclic amines) is 1. The van der Waals surface area contributed by atoms with Gasteiger partial charge in [0.05, 0.1) is 6.10 Å². The summed E-state index contributed by atoms with van der Waals surface area (Å²) >= 11 is 0. The Labute approximate surface area is 170 Å². The van der Waals surface area contributed by atoms with Crippen LogP contribution in [-0.2, 0) is 0 Å². The predicted molar refractivity (Wildman–Crippen MR) is 114 cm³/mol. The number of hydrogen-bond donors (Lipinski definition) is 1. The maximum absolute atomic E-state index is 12.8. The van der Waals surface area contributed by atoms with Crippen molar-refractivity contribution >= 4 is 5.91 Å². The van der Waals surface area contributed by atoms with Crippen molar-refractivity contribution < 1.29 is 9.90 Å². The lowest BCUT2D eigenvalue weighted by molar-refractivity contribution is 0.0385. The number of nitrogens with zero attached hydrogens (tertiary/aromatic N) is 3. The van der Waals surface area contributed by atoms with Crippen LogP contribution in [0.2, 0.25) is 0 Å². The maximum atomic E-state index is 12.8. The molecule has 1 aromatic rings. The van der Waals surface area contributed by atoms with E-state index in [0.717, 1.165) is 57.3 Å². The SMILES string of the molecule is CC1CCN(CC(O)CN2CCN(C(=O)c3ccc(C(C)C)cc3)CC2)CC1. The molecule has 1 unspecified atom stereocenters. The molecule has 2 aliphatic heterocycles. The highest BCUT2D eigenvalue weighted by molar-refractivity contribution is 5.94. The number of aliphatic hydroxyl groups is 1. The molecule has 2 aliphatic rings. The van der Waals surface area contributed by atoms with Gasteiger partial charge >= 0.3 is 0 Å². The van der Waals surface area contributed by atoms with Crippen LogP contribution < -0.4 is 0 Å². The molecule has 2 fully saturated rings. The van der Waals surface area contributed by atoms with Gasteiger partial charge in [0.2, 0.25) is 0 Å². The quantitative estimate of drug-likeness (QED) is 0.815. The average Bonchev–Trinajstić information content (AvgIpc) is 2.70. The minimum Gasteiger partial charge on any atom is -0.390 e. The number of benzene rings is 1. The van der Waals surface area contributed by atoms with Crippen LogP contribution in [0.5, 0.6) is 0 Å². The lowest BCUT2D eigenvalue weighted by Crippen LogP contribution is -2.51. The van der Waals surface area contributed by atoms with Gasteiger partial charge in [0, 0.05) is 44.8 Å². The summed E-state index contributed by atoms with van der Waals surface area (Å²) in [5, 5.41) is 10.5. The second-order valence-corrected chi connectivity index (χ2v) is 9.01. The molecule has 0 saturated carbocycles. The molecule has 2 saturated heterocycles. The lowest BCUT2D eigenvalue weighted by Gasteiger charge is -2.37. The third kappa shape index (κ3) is 5.79. The van der Waals surface area contributed by atoms with Crippen molar-refractivity contribution in [2.75, 3.05) is 52.4 Å². The topological polar surface area (TPSA) is 47.0 Å². The summed E-state index contributed by atoms with van der Waals surface area (Å²) in [6.07, 6.45) is 2.18. The molecule has 5 heteroatoms. The first kappa shape index (κ1) is 21.3. The number of amides is 1. The van der Waals surface area contributed by atoms with Crippen LogP contribution in [0.1, 0.15) is 55.5 Å². The van der Waals surface area contributed by atoms with Gasteiger partial charge < -0.3 is 14.9 Å². The zero-order valence-electron chi connectivity index (χ0n) is 17.8. The Bertz CT molecular complexity index is 615. The fourth-order valence-electron chi connectivity index (χ4n) is 4.23. The largest absolute Gasteiger partial charge is 0.390 e. The van der Waals surface area contributed by atoms with Crippen LogP contribution in [-0.4, -0.2) is 84.2 Å². The summed E-state index contributed by atoms with van der Waals surface area (Å²) in [6, 6.07) is 8.03. The molecule has 1 amide bonds. The van der Waals surface area contributed by atoms with Gasteiger partial charge in [-0.2, -0.15) is 0 Å². The third-order valence-electron chi connectivity index (χ3n) is 6.30. The standard InChI is InChI=1S/C23H37N3O2/c1-18(2)20-4-6-21(7-5-20)23(28)26-14-12-25(13-15-26)17-22(27)16-24-10-8-19(3)9-11-24/h4-7,18-19,22,27H,8-17H2,1-3H3. The molecule has 0 aromatic heterocycles. The number of aliphatic hydroxyl groups excluding tert-OH is 1. The minimum absolute atomic E-state index is 0.123. The second-order valence-electron chi connectivity index (χ2n) is 9.01. The van der Waals surface area contributed by atoms with Crippen molar-refractivity contribution in [2.24, 2.45) is 5.92 Å². The van der Waals surface area contributed by atoms with E-state index in [1.165, 1.54) is 18.4 Å². The first-order chi connectivity index (χ1) is 13.4. The summed E-state index contributed by atoms with van der Waals surface area (Å²) < 4.78 is 0. The number of piperazine rings is 1. The number of carbonyl (C=O) groups excluding carboxylic acids is 1. The number of rotatable bonds is 6. The van der Waals surface area contributed by atoms with Crippen LogP contribution in [0, 0.1) is 5.92 Å². The van der Waals surface area contributed by atoms with Gasteiger partial charge in [0.1, 0.15) is 0 Å². The van der Waals surface area contributed by atoms with Crippen molar-refractivity contribution in [1.82, 2.24) is 14.7 Å². The molecule has 1 N–H and O–H groups in total. The summed E-state index contributed by atoms with van der Waals surface area (Å²) in [5.74, 6) is 1.42. The molecular formula is C23H37N3O2. The molecule has 0 spiro atoms. The number of carbonyl (C=O) groups is 1. The first-order valence-corrected chi connectivity index (χ1v) is 10.9. The van der Waals surface area contributed by atoms with Gasteiger partial charge in [-0.05, 0) is 55.5 Å². The van der Waals surface area contributed by atoms with Gasteiger partial charge in [-0.15, -0.1) is 0 Å². The number of β-amino-alcohol motifs (C(OH)–C–C–N with tert-alkyl or cyclic N) is 1. The summed E-state index contributed by atoms with van der Waals surface area (Å²) in [7, 11) is 0. The molecule has 1 atom stereocenters. The smallest absolute Gasteiger partial charge is 0.253 e. The highest BCUT2D eigenvalue weighted by atomic mass is 16.3. The lowest BCUT2D eigenvalue weighted by atomic mass is 9.99. The van der Waals surface area contributed by atoms with Gasteiger partial charge in [-0.25, -0.2) is 0 Å². The normalized spacial score (nSPS) is 21.2. The van der Waals surface area contributed by atoms with E-state index in [1.54, 1.807) is 0 Å². The van der Waals surface area contributed by atoms with E-state index in [-0.39, 0.29) is 12.0 Å². The maximum Gasteiger partial charge on any atom is 0.253 e. The van der Waals surface area contributed by atoms with Crippen LogP contribution in [0.3, 0.4) is 0 Å². The molecule has 5 nitrogen and oxygen atoms in total. The summed E-state index contributed by atoms with van der Waals surface area (Å²) in [4.78, 5) is 19.4. The van der Waals surface area contributed by atoms with E-state index >= 15 is 0 Å². The molecule has 28 heavy (non-hydrogen) atoms. The van der Waals surface area contributed by atoms with Crippen LogP contribution in [0.4, 0.5) is 0 Å². The van der Waals surface area contributed by atoms with Gasteiger partial charge in [-0.1, -0.05) is 32.9 Å². The zero-order chi connectivity index (χ0) is 20.1. The van der Waals surface area contributed by atoms with Gasteiger partial charge in [-0.3, -0.25) is 9.69 Å². The highest BCUT2D eigenvalue weighted by Crippen LogP contribution is 2.18. The number of piperidine rings is 1. The van der Waals surface area contributed by atoms with Gasteiger partial charge in [0.25, 0.3) is 5.91 Å². The molecule has 3 rings (SSSR count). The predicted octanol–water partition coefficient (Wildman–Crippen LogP) is 2.66. The minimum atomic E-state index is -0.306. The molecule has 0 bridgehead atoms. The Kier molecular flexibility index (Phi) is 7.49. The Hall–Kier alpha value is -1.43. The molecule has 2 heterocycles. The summed E-state index contributed by atoms with van der Waals surface area (Å²) in [6.45, 7) is 13.5. The Morgan fingerprint density at radius 1 is 0.964 bits per heavy atom. The van der Waals surface area contributed by atoms with E-state index in [1.807, 2.05) is 17.0 Å². The Morgan fingerprint density at radius 2 is 1.50 bits per heavy atom. The highest BCUT2D eigenvalue weighted by Gasteiger charge is 2.25. The number of hydrogen-bond acceptors (Lipinski definition) is 4. The molecule has 1 aromatic carbocycles. The van der Waals surface area contributed by atoms with E-state index in [9.17, 15) is 9.90 Å². The average molecular weight is 388 g/mol. The summed E-state index contributed by atoms with van der Waals surface area (Å²) in [5.41, 5.74) is 2.04. The van der Waals surface area contributed by atoms with E-state index in [2.05, 4.69) is 42.7 Å². The monoisotopic (exact) mass is 387 g/mol. The fraction of sp³-hybridized carbons (Fsp3) is 0.696. The van der Waals surface area contributed by atoms with E-state index in [0.29, 0.717) is 12.5 Å². The third-order valence-corrected chi connectivity index (χ3v) is 6.30. The van der Waals surface area contributed by atoms with Gasteiger partial charge in [0.15, 0.2) is 0 Å². The van der Waals surface area contributed by atoms with Crippen molar-refractivity contribution in [3.05, 3.63) is 35.4 Å². The molecule has 0 radical (unpaired) electrons. The molecule has 0 aliphatic carbocycles.